The number of carbonyl (C=O) groups is 1. The molecule has 0 bridgehead atoms. The number of nitriles is 1. The van der Waals surface area contributed by atoms with Crippen LogP contribution in [0.15, 0.2) is 18.2 Å². The summed E-state index contributed by atoms with van der Waals surface area (Å²) in [6.45, 7) is 2.81. The first-order valence-electron chi connectivity index (χ1n) is 6.72. The second-order valence-electron chi connectivity index (χ2n) is 4.94. The lowest BCUT2D eigenvalue weighted by molar-refractivity contribution is -0.139. The largest absolute Gasteiger partial charge is 0.480 e. The third kappa shape index (κ3) is 3.45. The van der Waals surface area contributed by atoms with Crippen LogP contribution in [0.25, 0.3) is 0 Å². The monoisotopic (exact) mass is 274 g/mol. The first kappa shape index (κ1) is 14.3. The summed E-state index contributed by atoms with van der Waals surface area (Å²) in [5, 5.41) is 20.9. The van der Waals surface area contributed by atoms with Crippen molar-refractivity contribution in [1.29, 1.82) is 5.26 Å². The molecule has 1 aromatic rings. The van der Waals surface area contributed by atoms with Crippen molar-refractivity contribution >= 4 is 11.8 Å². The number of nitrogens with zero attached hydrogens (tertiary/aromatic N) is 3. The van der Waals surface area contributed by atoms with Gasteiger partial charge in [-0.15, -0.1) is 0 Å². The van der Waals surface area contributed by atoms with Crippen molar-refractivity contribution in [3.05, 3.63) is 23.9 Å². The highest BCUT2D eigenvalue weighted by Gasteiger charge is 2.33. The lowest BCUT2D eigenvalue weighted by Gasteiger charge is -2.42. The lowest BCUT2D eigenvalue weighted by Crippen LogP contribution is -2.51. The van der Waals surface area contributed by atoms with Crippen LogP contribution in [-0.4, -0.2) is 46.1 Å². The van der Waals surface area contributed by atoms with Gasteiger partial charge < -0.3 is 10.4 Å². The van der Waals surface area contributed by atoms with E-state index in [1.54, 1.807) is 12.1 Å². The highest BCUT2D eigenvalue weighted by atomic mass is 16.4. The van der Waals surface area contributed by atoms with Crippen molar-refractivity contribution in [1.82, 2.24) is 9.88 Å². The van der Waals surface area contributed by atoms with Gasteiger partial charge in [0.2, 0.25) is 0 Å². The molecule has 1 aliphatic rings. The molecule has 20 heavy (non-hydrogen) atoms. The summed E-state index contributed by atoms with van der Waals surface area (Å²) in [6, 6.07) is 7.92. The van der Waals surface area contributed by atoms with Crippen molar-refractivity contribution < 1.29 is 9.90 Å². The molecule has 1 heterocycles. The molecule has 0 spiro atoms. The van der Waals surface area contributed by atoms with Gasteiger partial charge in [0.1, 0.15) is 17.6 Å². The van der Waals surface area contributed by atoms with Gasteiger partial charge in [0.25, 0.3) is 0 Å². The van der Waals surface area contributed by atoms with Crippen LogP contribution in [0.3, 0.4) is 0 Å². The summed E-state index contributed by atoms with van der Waals surface area (Å²) in [4.78, 5) is 16.9. The number of likely N-dealkylation sites (N-methyl/N-ethyl adjacent to an activating group) is 1. The van der Waals surface area contributed by atoms with Crippen molar-refractivity contribution in [2.75, 3.05) is 18.4 Å². The smallest absolute Gasteiger partial charge is 0.317 e. The zero-order valence-electron chi connectivity index (χ0n) is 11.4. The first-order chi connectivity index (χ1) is 9.62. The topological polar surface area (TPSA) is 89.3 Å². The van der Waals surface area contributed by atoms with Crippen LogP contribution in [-0.2, 0) is 4.79 Å². The zero-order valence-corrected chi connectivity index (χ0v) is 11.4. The Morgan fingerprint density at radius 1 is 1.60 bits per heavy atom. The Hall–Kier alpha value is -2.13. The molecule has 0 unspecified atom stereocenters. The Morgan fingerprint density at radius 3 is 2.95 bits per heavy atom. The normalized spacial score (nSPS) is 21.1. The van der Waals surface area contributed by atoms with Crippen LogP contribution in [0.5, 0.6) is 0 Å². The first-order valence-corrected chi connectivity index (χ1v) is 6.72. The van der Waals surface area contributed by atoms with Crippen molar-refractivity contribution in [2.24, 2.45) is 0 Å². The quantitative estimate of drug-likeness (QED) is 0.812. The number of aliphatic carboxylic acids is 1. The molecule has 1 aliphatic carbocycles. The molecule has 1 fully saturated rings. The fourth-order valence-corrected chi connectivity index (χ4v) is 2.46. The van der Waals surface area contributed by atoms with Crippen LogP contribution in [0.1, 0.15) is 25.5 Å². The predicted molar refractivity (Wildman–Crippen MR) is 74.3 cm³/mol. The predicted octanol–water partition coefficient (Wildman–Crippen LogP) is 1.30. The van der Waals surface area contributed by atoms with E-state index < -0.39 is 5.97 Å². The number of pyridine rings is 1. The minimum atomic E-state index is -0.786. The van der Waals surface area contributed by atoms with Crippen LogP contribution in [0.4, 0.5) is 5.82 Å². The minimum absolute atomic E-state index is 0.0933. The fourth-order valence-electron chi connectivity index (χ4n) is 2.46. The van der Waals surface area contributed by atoms with E-state index in [2.05, 4.69) is 10.3 Å². The van der Waals surface area contributed by atoms with Crippen LogP contribution < -0.4 is 5.32 Å². The van der Waals surface area contributed by atoms with E-state index >= 15 is 0 Å². The van der Waals surface area contributed by atoms with E-state index in [4.69, 9.17) is 10.4 Å². The number of rotatable bonds is 6. The molecule has 0 saturated heterocycles. The maximum Gasteiger partial charge on any atom is 0.317 e. The molecule has 6 heteroatoms. The van der Waals surface area contributed by atoms with Gasteiger partial charge in [-0.2, -0.15) is 5.26 Å². The second-order valence-corrected chi connectivity index (χ2v) is 4.94. The molecule has 0 aliphatic heterocycles. The third-order valence-electron chi connectivity index (χ3n) is 3.59. The Balaban J connectivity index is 1.84. The molecule has 1 aromatic heterocycles. The minimum Gasteiger partial charge on any atom is -0.480 e. The average molecular weight is 274 g/mol. The third-order valence-corrected chi connectivity index (χ3v) is 3.59. The summed E-state index contributed by atoms with van der Waals surface area (Å²) < 4.78 is 0. The number of carboxylic acid groups (broad SMARTS) is 1. The molecule has 1 saturated carbocycles. The zero-order chi connectivity index (χ0) is 14.5. The van der Waals surface area contributed by atoms with E-state index in [1.165, 1.54) is 0 Å². The molecular weight excluding hydrogens is 256 g/mol. The molecule has 6 nitrogen and oxygen atoms in total. The highest BCUT2D eigenvalue weighted by Crippen LogP contribution is 2.28. The molecule has 2 N–H and O–H groups in total. The van der Waals surface area contributed by atoms with E-state index in [9.17, 15) is 4.79 Å². The number of nitrogens with one attached hydrogen (secondary N) is 1. The van der Waals surface area contributed by atoms with Gasteiger partial charge in [0.15, 0.2) is 0 Å². The second kappa shape index (κ2) is 6.35. The Kier molecular flexibility index (Phi) is 4.53. The molecule has 0 radical (unpaired) electrons. The van der Waals surface area contributed by atoms with Crippen molar-refractivity contribution in [2.45, 2.75) is 31.8 Å². The molecule has 2 rings (SSSR count). The Labute approximate surface area is 118 Å². The molecule has 106 valence electrons. The molecular formula is C14H18N4O2. The maximum absolute atomic E-state index is 10.8. The summed E-state index contributed by atoms with van der Waals surface area (Å²) in [7, 11) is 0. The van der Waals surface area contributed by atoms with Gasteiger partial charge in [-0.1, -0.05) is 13.0 Å². The van der Waals surface area contributed by atoms with Gasteiger partial charge in [-0.05, 0) is 31.5 Å². The van der Waals surface area contributed by atoms with Gasteiger partial charge in [0.05, 0.1) is 6.54 Å². The van der Waals surface area contributed by atoms with E-state index in [-0.39, 0.29) is 6.54 Å². The van der Waals surface area contributed by atoms with E-state index in [0.29, 0.717) is 23.6 Å². The summed E-state index contributed by atoms with van der Waals surface area (Å²) in [6.07, 6.45) is 1.80. The van der Waals surface area contributed by atoms with Crippen molar-refractivity contribution in [3.8, 4) is 6.07 Å². The average Bonchev–Trinajstić information content (AvgIpc) is 2.40. The van der Waals surface area contributed by atoms with Crippen LogP contribution in [0.2, 0.25) is 0 Å². The van der Waals surface area contributed by atoms with E-state index in [1.807, 2.05) is 24.0 Å². The van der Waals surface area contributed by atoms with Crippen molar-refractivity contribution in [3.63, 3.8) is 0 Å². The van der Waals surface area contributed by atoms with Gasteiger partial charge in [-0.3, -0.25) is 9.69 Å². The number of hydrogen-bond acceptors (Lipinski definition) is 5. The van der Waals surface area contributed by atoms with E-state index in [0.717, 1.165) is 19.4 Å². The number of anilines is 1. The number of carboxylic acids is 1. The van der Waals surface area contributed by atoms with Gasteiger partial charge >= 0.3 is 5.97 Å². The highest BCUT2D eigenvalue weighted by molar-refractivity contribution is 5.69. The molecule has 0 aromatic carbocycles. The maximum atomic E-state index is 10.8. The lowest BCUT2D eigenvalue weighted by atomic mass is 9.85. The Bertz CT molecular complexity index is 520. The summed E-state index contributed by atoms with van der Waals surface area (Å²) in [5.41, 5.74) is 0.395. The van der Waals surface area contributed by atoms with Crippen LogP contribution in [0, 0.1) is 11.3 Å². The SMILES string of the molecule is CCN(CC(=O)O)C1CC(Nc2cccc(C#N)n2)C1. The molecule has 0 amide bonds. The number of hydrogen-bond donors (Lipinski definition) is 2. The van der Waals surface area contributed by atoms with Crippen LogP contribution >= 0.6 is 0 Å². The standard InChI is InChI=1S/C14H18N4O2/c1-2-18(9-14(19)20)12-6-11(7-12)17-13-5-3-4-10(8-15)16-13/h3-5,11-12H,2,6-7,9H2,1H3,(H,16,17)(H,19,20). The Morgan fingerprint density at radius 2 is 2.35 bits per heavy atom. The van der Waals surface area contributed by atoms with Gasteiger partial charge in [-0.25, -0.2) is 4.98 Å². The number of aromatic nitrogens is 1. The summed E-state index contributed by atoms with van der Waals surface area (Å²) >= 11 is 0. The van der Waals surface area contributed by atoms with Gasteiger partial charge in [0, 0.05) is 12.1 Å². The summed E-state index contributed by atoms with van der Waals surface area (Å²) in [5.74, 6) is -0.0829. The fraction of sp³-hybridized carbons (Fsp3) is 0.500. The molecule has 0 atom stereocenters.